The number of methoxy groups -OCH3 is 2. The van der Waals surface area contributed by atoms with Gasteiger partial charge in [-0.1, -0.05) is 0 Å². The number of carbonyl (C=O) groups is 2. The second kappa shape index (κ2) is 11.0. The summed E-state index contributed by atoms with van der Waals surface area (Å²) in [6.07, 6.45) is 3.68. The van der Waals surface area contributed by atoms with E-state index in [0.29, 0.717) is 17.7 Å². The van der Waals surface area contributed by atoms with E-state index in [1.807, 2.05) is 0 Å². The molecule has 1 fully saturated rings. The molecule has 9 heteroatoms. The van der Waals surface area contributed by atoms with Gasteiger partial charge in [0.25, 0.3) is 0 Å². The lowest BCUT2D eigenvalue weighted by Crippen LogP contribution is -2.36. The Morgan fingerprint density at radius 3 is 2.48 bits per heavy atom. The first-order valence-corrected chi connectivity index (χ1v) is 9.78. The van der Waals surface area contributed by atoms with Crippen LogP contribution < -0.4 is 4.74 Å². The second-order valence-electron chi connectivity index (χ2n) is 7.34. The molecular weight excluding hydrogens is 410 g/mol. The number of aliphatic hydroxyl groups is 1. The molecule has 1 aliphatic heterocycles. The summed E-state index contributed by atoms with van der Waals surface area (Å²) in [7, 11) is 2.79. The number of rotatable bonds is 10. The zero-order chi connectivity index (χ0) is 23.1. The van der Waals surface area contributed by atoms with Crippen molar-refractivity contribution in [1.82, 2.24) is 9.80 Å². The van der Waals surface area contributed by atoms with Gasteiger partial charge >= 0.3 is 0 Å². The minimum Gasteiger partial charge on any atom is -0.497 e. The van der Waals surface area contributed by atoms with Crippen molar-refractivity contribution in [3.8, 4) is 5.75 Å². The lowest BCUT2D eigenvalue weighted by Gasteiger charge is -2.23. The van der Waals surface area contributed by atoms with Crippen LogP contribution in [-0.2, 0) is 14.3 Å². The van der Waals surface area contributed by atoms with Gasteiger partial charge in [-0.25, -0.2) is 8.78 Å². The third-order valence-corrected chi connectivity index (χ3v) is 5.41. The molecule has 0 saturated carbocycles. The third kappa shape index (κ3) is 5.68. The number of likely N-dealkylation sites (tertiary alicyclic amines) is 1. The summed E-state index contributed by atoms with van der Waals surface area (Å²) in [6, 6.07) is 1.67. The summed E-state index contributed by atoms with van der Waals surface area (Å²) in [4.78, 5) is 26.7. The van der Waals surface area contributed by atoms with Crippen LogP contribution in [0.1, 0.15) is 31.7 Å². The molecule has 0 radical (unpaired) electrons. The molecule has 1 aromatic carbocycles. The van der Waals surface area contributed by atoms with Crippen molar-refractivity contribution < 1.29 is 33.0 Å². The summed E-state index contributed by atoms with van der Waals surface area (Å²) in [6.45, 7) is 3.51. The molecule has 170 valence electrons. The average molecular weight is 438 g/mol. The standard InChI is InChI=1S/C22H28F2N2O5/c1-14(5-6-25(13-28)17(11-27)12-30-3)15(2)26-10-16(7-21(26)29)22-19(23)8-18(31-4)9-20(22)24/h5-6,8-9,13,16-17,27H,7,10-12H2,1-4H3/b6-5-,15-14+. The predicted octanol–water partition coefficient (Wildman–Crippen LogP) is 2.56. The Morgan fingerprint density at radius 1 is 1.32 bits per heavy atom. The van der Waals surface area contributed by atoms with Crippen LogP contribution in [0.5, 0.6) is 5.75 Å². The number of halogens is 2. The minimum absolute atomic E-state index is 0.0185. The van der Waals surface area contributed by atoms with Crippen LogP contribution in [0.4, 0.5) is 8.78 Å². The molecule has 0 bridgehead atoms. The van der Waals surface area contributed by atoms with E-state index >= 15 is 0 Å². The highest BCUT2D eigenvalue weighted by atomic mass is 19.1. The van der Waals surface area contributed by atoms with Crippen molar-refractivity contribution in [2.75, 3.05) is 34.0 Å². The molecule has 7 nitrogen and oxygen atoms in total. The van der Waals surface area contributed by atoms with Crippen LogP contribution in [0.3, 0.4) is 0 Å². The van der Waals surface area contributed by atoms with Gasteiger partial charge in [-0.2, -0.15) is 0 Å². The lowest BCUT2D eigenvalue weighted by atomic mass is 9.97. The van der Waals surface area contributed by atoms with Crippen molar-refractivity contribution in [2.45, 2.75) is 32.2 Å². The first-order valence-electron chi connectivity index (χ1n) is 9.78. The van der Waals surface area contributed by atoms with Crippen molar-refractivity contribution in [3.63, 3.8) is 0 Å². The molecule has 0 aliphatic carbocycles. The number of hydrogen-bond donors (Lipinski definition) is 1. The van der Waals surface area contributed by atoms with Crippen LogP contribution in [0.2, 0.25) is 0 Å². The third-order valence-electron chi connectivity index (χ3n) is 5.41. The van der Waals surface area contributed by atoms with Crippen molar-refractivity contribution >= 4 is 12.3 Å². The first kappa shape index (κ1) is 24.5. The maximum atomic E-state index is 14.4. The number of ether oxygens (including phenoxy) is 2. The van der Waals surface area contributed by atoms with Crippen LogP contribution in [-0.4, -0.2) is 67.2 Å². The Hall–Kier alpha value is -2.78. The van der Waals surface area contributed by atoms with Gasteiger partial charge in [-0.3, -0.25) is 9.59 Å². The topological polar surface area (TPSA) is 79.3 Å². The Morgan fingerprint density at radius 2 is 1.97 bits per heavy atom. The maximum Gasteiger partial charge on any atom is 0.227 e. The number of hydrogen-bond acceptors (Lipinski definition) is 5. The Labute approximate surface area is 180 Å². The van der Waals surface area contributed by atoms with Gasteiger partial charge in [0.2, 0.25) is 12.3 Å². The number of nitrogens with zero attached hydrogens (tertiary/aromatic N) is 2. The van der Waals surface area contributed by atoms with E-state index in [-0.39, 0.29) is 43.4 Å². The van der Waals surface area contributed by atoms with Crippen LogP contribution in [0.25, 0.3) is 0 Å². The molecule has 1 aromatic rings. The first-order chi connectivity index (χ1) is 14.8. The number of carbonyl (C=O) groups excluding carboxylic acids is 2. The summed E-state index contributed by atoms with van der Waals surface area (Å²) in [5.41, 5.74) is 1.16. The summed E-state index contributed by atoms with van der Waals surface area (Å²) in [5, 5.41) is 9.41. The van der Waals surface area contributed by atoms with E-state index in [4.69, 9.17) is 9.47 Å². The summed E-state index contributed by atoms with van der Waals surface area (Å²) >= 11 is 0. The number of benzene rings is 1. The molecule has 0 aromatic heterocycles. The molecule has 1 saturated heterocycles. The smallest absolute Gasteiger partial charge is 0.227 e. The lowest BCUT2D eigenvalue weighted by molar-refractivity contribution is -0.126. The summed E-state index contributed by atoms with van der Waals surface area (Å²) in [5.74, 6) is -2.29. The van der Waals surface area contributed by atoms with Crippen molar-refractivity contribution in [1.29, 1.82) is 0 Å². The fourth-order valence-corrected chi connectivity index (χ4v) is 3.49. The normalized spacial score (nSPS) is 18.4. The van der Waals surface area contributed by atoms with Gasteiger partial charge in [0, 0.05) is 55.6 Å². The van der Waals surface area contributed by atoms with Gasteiger partial charge in [-0.15, -0.1) is 0 Å². The molecule has 31 heavy (non-hydrogen) atoms. The van der Waals surface area contributed by atoms with E-state index in [1.165, 1.54) is 30.2 Å². The van der Waals surface area contributed by atoms with Gasteiger partial charge in [0.05, 0.1) is 26.4 Å². The zero-order valence-electron chi connectivity index (χ0n) is 18.1. The molecule has 2 amide bonds. The molecule has 1 aliphatic rings. The number of allylic oxidation sites excluding steroid dienone is 3. The highest BCUT2D eigenvalue weighted by Gasteiger charge is 2.35. The van der Waals surface area contributed by atoms with E-state index < -0.39 is 23.6 Å². The summed E-state index contributed by atoms with van der Waals surface area (Å²) < 4.78 is 38.7. The van der Waals surface area contributed by atoms with E-state index in [9.17, 15) is 23.5 Å². The zero-order valence-corrected chi connectivity index (χ0v) is 18.1. The molecule has 2 atom stereocenters. The Balaban J connectivity index is 2.22. The molecule has 0 spiro atoms. The largest absolute Gasteiger partial charge is 0.497 e. The monoisotopic (exact) mass is 438 g/mol. The quantitative estimate of drug-likeness (QED) is 0.449. The fourth-order valence-electron chi connectivity index (χ4n) is 3.49. The van der Waals surface area contributed by atoms with E-state index in [2.05, 4.69) is 0 Å². The number of amides is 2. The highest BCUT2D eigenvalue weighted by Crippen LogP contribution is 2.35. The van der Waals surface area contributed by atoms with Crippen LogP contribution in [0, 0.1) is 11.6 Å². The van der Waals surface area contributed by atoms with Crippen LogP contribution >= 0.6 is 0 Å². The molecule has 2 rings (SSSR count). The van der Waals surface area contributed by atoms with Gasteiger partial charge < -0.3 is 24.4 Å². The van der Waals surface area contributed by atoms with Crippen molar-refractivity contribution in [2.24, 2.45) is 0 Å². The van der Waals surface area contributed by atoms with Gasteiger partial charge in [-0.05, 0) is 25.5 Å². The van der Waals surface area contributed by atoms with Crippen molar-refractivity contribution in [3.05, 3.63) is 52.9 Å². The SMILES string of the molecule is COCC(CO)N(C=O)/C=C\C(C)=C(/C)N1CC(c2c(F)cc(OC)cc2F)CC1=O. The average Bonchev–Trinajstić information content (AvgIpc) is 3.12. The second-order valence-corrected chi connectivity index (χ2v) is 7.34. The van der Waals surface area contributed by atoms with Crippen LogP contribution in [0.15, 0.2) is 35.7 Å². The highest BCUT2D eigenvalue weighted by molar-refractivity contribution is 5.81. The van der Waals surface area contributed by atoms with Gasteiger partial charge in [0.15, 0.2) is 0 Å². The van der Waals surface area contributed by atoms with E-state index in [0.717, 1.165) is 12.1 Å². The van der Waals surface area contributed by atoms with Gasteiger partial charge in [0.1, 0.15) is 17.4 Å². The molecule has 2 unspecified atom stereocenters. The Kier molecular flexibility index (Phi) is 8.70. The minimum atomic E-state index is -0.746. The maximum absolute atomic E-state index is 14.4. The Bertz CT molecular complexity index is 848. The van der Waals surface area contributed by atoms with E-state index in [1.54, 1.807) is 19.9 Å². The molecular formula is C22H28F2N2O5. The molecule has 1 N–H and O–H groups in total. The fraction of sp³-hybridized carbons (Fsp3) is 0.455. The molecule has 1 heterocycles. The predicted molar refractivity (Wildman–Crippen MR) is 110 cm³/mol. The number of aliphatic hydroxyl groups excluding tert-OH is 1.